The zero-order chi connectivity index (χ0) is 14.7. The third-order valence-corrected chi connectivity index (χ3v) is 3.57. The van der Waals surface area contributed by atoms with Crippen LogP contribution in [0.3, 0.4) is 0 Å². The van der Waals surface area contributed by atoms with Crippen LogP contribution in [0.15, 0.2) is 41.5 Å². The Morgan fingerprint density at radius 3 is 2.55 bits per heavy atom. The Morgan fingerprint density at radius 2 is 2.00 bits per heavy atom. The Balaban J connectivity index is 2.33. The Labute approximate surface area is 119 Å². The molecule has 0 heterocycles. The Morgan fingerprint density at radius 1 is 1.35 bits per heavy atom. The molecule has 0 radical (unpaired) electrons. The van der Waals surface area contributed by atoms with Gasteiger partial charge in [0, 0.05) is 5.57 Å². The molecule has 1 unspecified atom stereocenters. The van der Waals surface area contributed by atoms with Gasteiger partial charge in [-0.15, -0.1) is 0 Å². The van der Waals surface area contributed by atoms with E-state index in [9.17, 15) is 9.90 Å². The maximum Gasteiger partial charge on any atom is 0.334 e. The molecule has 3 heteroatoms. The van der Waals surface area contributed by atoms with Crippen LogP contribution in [0.25, 0.3) is 5.57 Å². The lowest BCUT2D eigenvalue weighted by Crippen LogP contribution is -2.18. The van der Waals surface area contributed by atoms with E-state index < -0.39 is 0 Å². The van der Waals surface area contributed by atoms with Gasteiger partial charge in [-0.1, -0.05) is 25.1 Å². The molecule has 1 aliphatic rings. The molecule has 1 N–H and O–H groups in total. The van der Waals surface area contributed by atoms with Crippen molar-refractivity contribution in [2.75, 3.05) is 6.61 Å². The molecule has 0 bridgehead atoms. The highest BCUT2D eigenvalue weighted by Gasteiger charge is 2.25. The normalized spacial score (nSPS) is 18.8. The molecule has 3 nitrogen and oxygen atoms in total. The van der Waals surface area contributed by atoms with Gasteiger partial charge >= 0.3 is 5.97 Å². The monoisotopic (exact) mass is 272 g/mol. The van der Waals surface area contributed by atoms with Crippen molar-refractivity contribution in [2.24, 2.45) is 5.92 Å². The molecule has 106 valence electrons. The van der Waals surface area contributed by atoms with E-state index in [1.54, 1.807) is 12.1 Å². The molecule has 20 heavy (non-hydrogen) atoms. The summed E-state index contributed by atoms with van der Waals surface area (Å²) in [6, 6.07) is 7.16. The second kappa shape index (κ2) is 5.95. The van der Waals surface area contributed by atoms with Crippen molar-refractivity contribution in [2.45, 2.75) is 27.2 Å². The first-order valence-corrected chi connectivity index (χ1v) is 6.90. The molecule has 1 aliphatic carbocycles. The predicted octanol–water partition coefficient (Wildman–Crippen LogP) is 3.70. The first-order valence-electron chi connectivity index (χ1n) is 6.90. The third kappa shape index (κ3) is 2.93. The van der Waals surface area contributed by atoms with Gasteiger partial charge < -0.3 is 9.84 Å². The first-order chi connectivity index (χ1) is 9.52. The van der Waals surface area contributed by atoms with Crippen molar-refractivity contribution in [3.05, 3.63) is 47.1 Å². The molecule has 0 spiro atoms. The summed E-state index contributed by atoms with van der Waals surface area (Å²) in [4.78, 5) is 12.0. The Bertz CT molecular complexity index is 564. The zero-order valence-electron chi connectivity index (χ0n) is 12.1. The number of benzene rings is 1. The van der Waals surface area contributed by atoms with Crippen molar-refractivity contribution >= 4 is 11.5 Å². The van der Waals surface area contributed by atoms with Gasteiger partial charge in [-0.3, -0.25) is 0 Å². The molecule has 0 saturated carbocycles. The molecule has 0 fully saturated rings. The van der Waals surface area contributed by atoms with Crippen molar-refractivity contribution in [3.63, 3.8) is 0 Å². The standard InChI is InChI=1S/C17H20O3/c1-4-20-17(19)16-11(2)9-14(10-12(16)3)13-5-7-15(18)8-6-13/h5-9,12,18H,4,10H2,1-3H3. The van der Waals surface area contributed by atoms with Gasteiger partial charge in [0.05, 0.1) is 6.61 Å². The number of hydrogen-bond acceptors (Lipinski definition) is 3. The van der Waals surface area contributed by atoms with Crippen LogP contribution < -0.4 is 0 Å². The number of ether oxygens (including phenoxy) is 1. The summed E-state index contributed by atoms with van der Waals surface area (Å²) < 4.78 is 5.12. The number of hydrogen-bond donors (Lipinski definition) is 1. The number of allylic oxidation sites excluding steroid dienone is 3. The van der Waals surface area contributed by atoms with Crippen LogP contribution >= 0.6 is 0 Å². The average Bonchev–Trinajstić information content (AvgIpc) is 2.39. The zero-order valence-corrected chi connectivity index (χ0v) is 12.1. The first kappa shape index (κ1) is 14.4. The summed E-state index contributed by atoms with van der Waals surface area (Å²) in [7, 11) is 0. The van der Waals surface area contributed by atoms with E-state index in [4.69, 9.17) is 4.74 Å². The molecule has 1 aromatic carbocycles. The largest absolute Gasteiger partial charge is 0.508 e. The maximum atomic E-state index is 12.0. The second-order valence-electron chi connectivity index (χ2n) is 5.14. The number of carbonyl (C=O) groups is 1. The molecule has 2 rings (SSSR count). The van der Waals surface area contributed by atoms with E-state index in [1.807, 2.05) is 39.0 Å². The van der Waals surface area contributed by atoms with Crippen molar-refractivity contribution < 1.29 is 14.6 Å². The average molecular weight is 272 g/mol. The summed E-state index contributed by atoms with van der Waals surface area (Å²) >= 11 is 0. The fourth-order valence-corrected chi connectivity index (χ4v) is 2.67. The van der Waals surface area contributed by atoms with E-state index in [1.165, 1.54) is 5.57 Å². The van der Waals surface area contributed by atoms with Crippen molar-refractivity contribution in [3.8, 4) is 5.75 Å². The van der Waals surface area contributed by atoms with Gasteiger partial charge in [-0.05, 0) is 55.0 Å². The summed E-state index contributed by atoms with van der Waals surface area (Å²) in [6.07, 6.45) is 2.84. The van der Waals surface area contributed by atoms with Gasteiger partial charge in [0.25, 0.3) is 0 Å². The number of rotatable bonds is 3. The molecular weight excluding hydrogens is 252 g/mol. The molecule has 0 amide bonds. The van der Waals surface area contributed by atoms with Gasteiger partial charge in [0.2, 0.25) is 0 Å². The predicted molar refractivity (Wildman–Crippen MR) is 79.2 cm³/mol. The van der Waals surface area contributed by atoms with Crippen LogP contribution in [0.1, 0.15) is 32.8 Å². The maximum absolute atomic E-state index is 12.0. The summed E-state index contributed by atoms with van der Waals surface area (Å²) in [5.74, 6) is 0.194. The molecule has 0 aliphatic heterocycles. The molecule has 1 aromatic rings. The lowest BCUT2D eigenvalue weighted by molar-refractivity contribution is -0.139. The highest BCUT2D eigenvalue weighted by atomic mass is 16.5. The van der Waals surface area contributed by atoms with E-state index >= 15 is 0 Å². The lowest BCUT2D eigenvalue weighted by atomic mass is 9.82. The van der Waals surface area contributed by atoms with Gasteiger partial charge in [-0.25, -0.2) is 4.79 Å². The van der Waals surface area contributed by atoms with E-state index in [0.29, 0.717) is 6.61 Å². The Kier molecular flexibility index (Phi) is 4.28. The van der Waals surface area contributed by atoms with E-state index in [0.717, 1.165) is 23.1 Å². The minimum Gasteiger partial charge on any atom is -0.508 e. The van der Waals surface area contributed by atoms with Crippen LogP contribution in [0.2, 0.25) is 0 Å². The number of phenols is 1. The van der Waals surface area contributed by atoms with Crippen LogP contribution in [0.5, 0.6) is 5.75 Å². The third-order valence-electron chi connectivity index (χ3n) is 3.57. The van der Waals surface area contributed by atoms with E-state index in [2.05, 4.69) is 0 Å². The van der Waals surface area contributed by atoms with Crippen LogP contribution in [0.4, 0.5) is 0 Å². The van der Waals surface area contributed by atoms with Crippen LogP contribution in [-0.4, -0.2) is 17.7 Å². The second-order valence-corrected chi connectivity index (χ2v) is 5.14. The molecular formula is C17H20O3. The van der Waals surface area contributed by atoms with Crippen LogP contribution in [-0.2, 0) is 9.53 Å². The number of carbonyl (C=O) groups excluding carboxylic acids is 1. The van der Waals surface area contributed by atoms with Crippen molar-refractivity contribution in [1.82, 2.24) is 0 Å². The lowest BCUT2D eigenvalue weighted by Gasteiger charge is -2.23. The fourth-order valence-electron chi connectivity index (χ4n) is 2.67. The minimum absolute atomic E-state index is 0.142. The number of esters is 1. The van der Waals surface area contributed by atoms with E-state index in [-0.39, 0.29) is 17.6 Å². The SMILES string of the molecule is CCOC(=O)C1=C(C)C=C(c2ccc(O)cc2)CC1C. The van der Waals surface area contributed by atoms with Gasteiger partial charge in [0.15, 0.2) is 0 Å². The molecule has 0 saturated heterocycles. The fraction of sp³-hybridized carbons (Fsp3) is 0.353. The molecule has 0 aromatic heterocycles. The molecule has 1 atom stereocenters. The van der Waals surface area contributed by atoms with Crippen LogP contribution in [0, 0.1) is 5.92 Å². The highest BCUT2D eigenvalue weighted by Crippen LogP contribution is 2.35. The number of phenolic OH excluding ortho intramolecular Hbond substituents is 1. The smallest absolute Gasteiger partial charge is 0.334 e. The minimum atomic E-state index is -0.210. The summed E-state index contributed by atoms with van der Waals surface area (Å²) in [6.45, 7) is 6.21. The summed E-state index contributed by atoms with van der Waals surface area (Å²) in [5, 5.41) is 9.34. The topological polar surface area (TPSA) is 46.5 Å². The Hall–Kier alpha value is -2.03. The van der Waals surface area contributed by atoms with Gasteiger partial charge in [0.1, 0.15) is 5.75 Å². The van der Waals surface area contributed by atoms with Gasteiger partial charge in [-0.2, -0.15) is 0 Å². The summed E-state index contributed by atoms with van der Waals surface area (Å²) in [5.41, 5.74) is 4.00. The quantitative estimate of drug-likeness (QED) is 0.853. The highest BCUT2D eigenvalue weighted by molar-refractivity contribution is 5.92. The number of aromatic hydroxyl groups is 1. The van der Waals surface area contributed by atoms with Crippen molar-refractivity contribution in [1.29, 1.82) is 0 Å².